The molecule has 1 atom stereocenters. The number of para-hydroxylation sites is 1. The fourth-order valence-corrected chi connectivity index (χ4v) is 3.92. The average molecular weight is 437 g/mol. The quantitative estimate of drug-likeness (QED) is 0.567. The Morgan fingerprint density at radius 2 is 1.88 bits per heavy atom. The Kier molecular flexibility index (Phi) is 6.14. The highest BCUT2D eigenvalue weighted by molar-refractivity contribution is 5.95. The molecule has 0 saturated heterocycles. The van der Waals surface area contributed by atoms with E-state index in [2.05, 4.69) is 0 Å². The van der Waals surface area contributed by atoms with Gasteiger partial charge in [0.05, 0.1) is 16.9 Å². The van der Waals surface area contributed by atoms with Gasteiger partial charge in [0.2, 0.25) is 6.79 Å². The van der Waals surface area contributed by atoms with Crippen LogP contribution >= 0.6 is 0 Å². The lowest BCUT2D eigenvalue weighted by atomic mass is 10.1. The zero-order chi connectivity index (χ0) is 22.8. The van der Waals surface area contributed by atoms with E-state index in [1.807, 2.05) is 51.0 Å². The summed E-state index contributed by atoms with van der Waals surface area (Å²) in [4.78, 5) is 35.3. The monoisotopic (exact) mass is 436 g/mol. The number of amides is 1. The Balaban J connectivity index is 1.76. The van der Waals surface area contributed by atoms with E-state index in [0.29, 0.717) is 53.4 Å². The summed E-state index contributed by atoms with van der Waals surface area (Å²) in [6, 6.07) is 12.1. The summed E-state index contributed by atoms with van der Waals surface area (Å²) in [6.45, 7) is 5.60. The van der Waals surface area contributed by atoms with Crippen LogP contribution in [0.3, 0.4) is 0 Å². The standard InChI is InChI=1S/C24H28N4O4/c1-5-27-22(25-19-9-7-6-8-18(19)24(27)30)16(2)28(13-12-26(3)4)23(29)17-10-11-20-21(14-17)32-15-31-20/h6-11,14,16H,5,12-13,15H2,1-4H3. The maximum absolute atomic E-state index is 13.6. The van der Waals surface area contributed by atoms with Crippen LogP contribution in [0.15, 0.2) is 47.3 Å². The minimum absolute atomic E-state index is 0.0944. The lowest BCUT2D eigenvalue weighted by Gasteiger charge is -2.31. The van der Waals surface area contributed by atoms with Gasteiger partial charge in [0, 0.05) is 25.2 Å². The molecule has 1 aliphatic rings. The molecule has 2 heterocycles. The highest BCUT2D eigenvalue weighted by atomic mass is 16.7. The molecular weight excluding hydrogens is 408 g/mol. The fraction of sp³-hybridized carbons (Fsp3) is 0.375. The topological polar surface area (TPSA) is 76.9 Å². The van der Waals surface area contributed by atoms with Crippen LogP contribution in [0.5, 0.6) is 11.5 Å². The molecule has 2 aromatic carbocycles. The van der Waals surface area contributed by atoms with Crippen molar-refractivity contribution in [1.29, 1.82) is 0 Å². The van der Waals surface area contributed by atoms with Crippen molar-refractivity contribution < 1.29 is 14.3 Å². The first-order valence-electron chi connectivity index (χ1n) is 10.8. The van der Waals surface area contributed by atoms with Crippen LogP contribution in [0.4, 0.5) is 0 Å². The van der Waals surface area contributed by atoms with Crippen LogP contribution in [0.1, 0.15) is 36.1 Å². The molecule has 0 fully saturated rings. The van der Waals surface area contributed by atoms with Crippen molar-refractivity contribution in [2.24, 2.45) is 0 Å². The second-order valence-electron chi connectivity index (χ2n) is 8.08. The number of carbonyl (C=O) groups is 1. The number of hydrogen-bond acceptors (Lipinski definition) is 6. The third-order valence-electron chi connectivity index (χ3n) is 5.72. The number of fused-ring (bicyclic) bond motifs is 2. The number of rotatable bonds is 7. The van der Waals surface area contributed by atoms with Crippen LogP contribution < -0.4 is 15.0 Å². The predicted molar refractivity (Wildman–Crippen MR) is 122 cm³/mol. The van der Waals surface area contributed by atoms with E-state index >= 15 is 0 Å². The van der Waals surface area contributed by atoms with Gasteiger partial charge in [-0.25, -0.2) is 4.98 Å². The first-order valence-corrected chi connectivity index (χ1v) is 10.8. The molecule has 0 aliphatic carbocycles. The molecule has 8 nitrogen and oxygen atoms in total. The molecular formula is C24H28N4O4. The van der Waals surface area contributed by atoms with Crippen molar-refractivity contribution in [1.82, 2.24) is 19.4 Å². The van der Waals surface area contributed by atoms with Crippen LogP contribution in [0.2, 0.25) is 0 Å². The molecule has 1 amide bonds. The van der Waals surface area contributed by atoms with Gasteiger partial charge in [-0.2, -0.15) is 0 Å². The Hall–Kier alpha value is -3.39. The summed E-state index contributed by atoms with van der Waals surface area (Å²) in [7, 11) is 3.92. The average Bonchev–Trinajstić information content (AvgIpc) is 3.26. The number of benzene rings is 2. The number of nitrogens with zero attached hydrogens (tertiary/aromatic N) is 4. The molecule has 3 aromatic rings. The lowest BCUT2D eigenvalue weighted by Crippen LogP contribution is -2.41. The summed E-state index contributed by atoms with van der Waals surface area (Å²) in [5, 5.41) is 0.576. The van der Waals surface area contributed by atoms with Gasteiger partial charge in [-0.3, -0.25) is 14.2 Å². The van der Waals surface area contributed by atoms with Crippen LogP contribution in [0, 0.1) is 0 Å². The van der Waals surface area contributed by atoms with E-state index in [0.717, 1.165) is 0 Å². The Bertz CT molecular complexity index is 1200. The summed E-state index contributed by atoms with van der Waals surface area (Å²) in [5.41, 5.74) is 1.04. The molecule has 0 saturated carbocycles. The minimum atomic E-state index is -0.412. The van der Waals surface area contributed by atoms with Gasteiger partial charge in [-0.15, -0.1) is 0 Å². The third kappa shape index (κ3) is 4.05. The second kappa shape index (κ2) is 9.00. The summed E-state index contributed by atoms with van der Waals surface area (Å²) >= 11 is 0. The molecule has 168 valence electrons. The third-order valence-corrected chi connectivity index (χ3v) is 5.72. The van der Waals surface area contributed by atoms with Crippen molar-refractivity contribution in [3.8, 4) is 11.5 Å². The molecule has 8 heteroatoms. The van der Waals surface area contributed by atoms with Crippen LogP contribution in [-0.2, 0) is 6.54 Å². The predicted octanol–water partition coefficient (Wildman–Crippen LogP) is 2.91. The highest BCUT2D eigenvalue weighted by Crippen LogP contribution is 2.33. The van der Waals surface area contributed by atoms with Crippen LogP contribution in [-0.4, -0.2) is 59.2 Å². The molecule has 1 unspecified atom stereocenters. The molecule has 4 rings (SSSR count). The highest BCUT2D eigenvalue weighted by Gasteiger charge is 2.28. The normalized spacial score (nSPS) is 13.5. The van der Waals surface area contributed by atoms with Gasteiger partial charge < -0.3 is 19.3 Å². The van der Waals surface area contributed by atoms with Gasteiger partial charge in [-0.1, -0.05) is 12.1 Å². The Morgan fingerprint density at radius 3 is 2.62 bits per heavy atom. The molecule has 0 N–H and O–H groups in total. The molecule has 1 aromatic heterocycles. The van der Waals surface area contributed by atoms with E-state index in [4.69, 9.17) is 14.5 Å². The van der Waals surface area contributed by atoms with Gasteiger partial charge in [0.15, 0.2) is 11.5 Å². The van der Waals surface area contributed by atoms with Gasteiger partial charge >= 0.3 is 0 Å². The number of aromatic nitrogens is 2. The zero-order valence-corrected chi connectivity index (χ0v) is 18.9. The number of ether oxygens (including phenoxy) is 2. The van der Waals surface area contributed by atoms with Crippen LogP contribution in [0.25, 0.3) is 10.9 Å². The van der Waals surface area contributed by atoms with E-state index < -0.39 is 6.04 Å². The molecule has 0 bridgehead atoms. The van der Waals surface area contributed by atoms with Crippen molar-refractivity contribution in [3.05, 3.63) is 64.2 Å². The van der Waals surface area contributed by atoms with E-state index in [9.17, 15) is 9.59 Å². The molecule has 1 aliphatic heterocycles. The lowest BCUT2D eigenvalue weighted by molar-refractivity contribution is 0.0664. The first-order chi connectivity index (χ1) is 15.4. The summed E-state index contributed by atoms with van der Waals surface area (Å²) in [5.74, 6) is 1.61. The number of hydrogen-bond donors (Lipinski definition) is 0. The maximum atomic E-state index is 13.6. The van der Waals surface area contributed by atoms with E-state index in [1.54, 1.807) is 33.7 Å². The largest absolute Gasteiger partial charge is 0.454 e. The molecule has 32 heavy (non-hydrogen) atoms. The molecule has 0 radical (unpaired) electrons. The summed E-state index contributed by atoms with van der Waals surface area (Å²) in [6.07, 6.45) is 0. The first kappa shape index (κ1) is 21.8. The second-order valence-corrected chi connectivity index (χ2v) is 8.08. The van der Waals surface area contributed by atoms with Gasteiger partial charge in [0.25, 0.3) is 11.5 Å². The Labute approximate surface area is 187 Å². The fourth-order valence-electron chi connectivity index (χ4n) is 3.92. The van der Waals surface area contributed by atoms with Crippen molar-refractivity contribution in [2.75, 3.05) is 34.0 Å². The zero-order valence-electron chi connectivity index (χ0n) is 18.9. The Morgan fingerprint density at radius 1 is 1.12 bits per heavy atom. The molecule has 0 spiro atoms. The minimum Gasteiger partial charge on any atom is -0.454 e. The van der Waals surface area contributed by atoms with Gasteiger partial charge in [0.1, 0.15) is 5.82 Å². The summed E-state index contributed by atoms with van der Waals surface area (Å²) < 4.78 is 12.5. The van der Waals surface area contributed by atoms with E-state index in [1.165, 1.54) is 0 Å². The number of likely N-dealkylation sites (N-methyl/N-ethyl adjacent to an activating group) is 1. The van der Waals surface area contributed by atoms with Crippen molar-refractivity contribution in [2.45, 2.75) is 26.4 Å². The van der Waals surface area contributed by atoms with Crippen molar-refractivity contribution in [3.63, 3.8) is 0 Å². The maximum Gasteiger partial charge on any atom is 0.261 e. The number of carbonyl (C=O) groups excluding carboxylic acids is 1. The SMILES string of the molecule is CCn1c(C(C)N(CCN(C)C)C(=O)c2ccc3c(c2)OCO3)nc2ccccc2c1=O. The van der Waals surface area contributed by atoms with Gasteiger partial charge in [-0.05, 0) is 58.3 Å². The van der Waals surface area contributed by atoms with Crippen molar-refractivity contribution >= 4 is 16.8 Å². The van der Waals surface area contributed by atoms with E-state index in [-0.39, 0.29) is 18.3 Å². The smallest absolute Gasteiger partial charge is 0.261 e.